The summed E-state index contributed by atoms with van der Waals surface area (Å²) in [5.74, 6) is 0.369. The van der Waals surface area contributed by atoms with Crippen LogP contribution in [0.25, 0.3) is 0 Å². The molecule has 3 rings (SSSR count). The highest BCUT2D eigenvalue weighted by atomic mass is 35.5. The van der Waals surface area contributed by atoms with Crippen LogP contribution in [0, 0.1) is 5.41 Å². The van der Waals surface area contributed by atoms with Gasteiger partial charge in [-0.15, -0.1) is 0 Å². The number of methoxy groups -OCH3 is 1. The first-order valence-corrected chi connectivity index (χ1v) is 10.2. The number of sulfonamides is 1. The number of benzene rings is 1. The summed E-state index contributed by atoms with van der Waals surface area (Å²) in [5.41, 5.74) is 0.0995. The van der Waals surface area contributed by atoms with E-state index in [0.29, 0.717) is 18.8 Å². The van der Waals surface area contributed by atoms with Gasteiger partial charge in [-0.1, -0.05) is 23.2 Å². The maximum atomic E-state index is 13.0. The Kier molecular flexibility index (Phi) is 5.06. The zero-order valence-corrected chi connectivity index (χ0v) is 16.2. The third-order valence-corrected chi connectivity index (χ3v) is 7.88. The highest BCUT2D eigenvalue weighted by Gasteiger charge is 2.44. The van der Waals surface area contributed by atoms with E-state index in [9.17, 15) is 8.42 Å². The van der Waals surface area contributed by atoms with Crippen molar-refractivity contribution < 1.29 is 13.2 Å². The van der Waals surface area contributed by atoms with Crippen molar-refractivity contribution in [3.8, 4) is 5.75 Å². The second kappa shape index (κ2) is 6.65. The third kappa shape index (κ3) is 3.27. The van der Waals surface area contributed by atoms with E-state index in [0.717, 1.165) is 32.4 Å². The molecule has 0 bridgehead atoms. The Bertz CT molecular complexity index is 731. The Balaban J connectivity index is 1.86. The molecule has 24 heavy (non-hydrogen) atoms. The molecule has 134 valence electrons. The summed E-state index contributed by atoms with van der Waals surface area (Å²) in [6.07, 6.45) is 2.97. The van der Waals surface area contributed by atoms with Crippen molar-refractivity contribution in [3.63, 3.8) is 0 Å². The molecule has 5 nitrogen and oxygen atoms in total. The summed E-state index contributed by atoms with van der Waals surface area (Å²) in [6, 6.07) is 2.84. The predicted molar refractivity (Wildman–Crippen MR) is 95.6 cm³/mol. The molecular formula is C16H22Cl2N2O3S. The van der Waals surface area contributed by atoms with E-state index >= 15 is 0 Å². The monoisotopic (exact) mass is 392 g/mol. The number of hydrogen-bond donors (Lipinski definition) is 0. The quantitative estimate of drug-likeness (QED) is 0.792. The van der Waals surface area contributed by atoms with Crippen LogP contribution in [-0.4, -0.2) is 58.0 Å². The van der Waals surface area contributed by atoms with Gasteiger partial charge in [0.15, 0.2) is 0 Å². The molecule has 0 amide bonds. The maximum Gasteiger partial charge on any atom is 0.244 e. The molecule has 0 N–H and O–H groups in total. The Hall–Kier alpha value is -0.530. The van der Waals surface area contributed by atoms with E-state index in [2.05, 4.69) is 11.9 Å². The normalized spacial score (nSPS) is 22.2. The molecule has 0 saturated carbocycles. The Labute approximate surface area is 153 Å². The molecule has 2 saturated heterocycles. The van der Waals surface area contributed by atoms with Gasteiger partial charge >= 0.3 is 0 Å². The summed E-state index contributed by atoms with van der Waals surface area (Å²) >= 11 is 12.3. The largest absolute Gasteiger partial charge is 0.495 e. The molecule has 0 aliphatic carbocycles. The summed E-state index contributed by atoms with van der Waals surface area (Å²) in [6.45, 7) is 3.13. The van der Waals surface area contributed by atoms with E-state index in [1.165, 1.54) is 19.2 Å². The van der Waals surface area contributed by atoms with E-state index in [-0.39, 0.29) is 20.4 Å². The average Bonchev–Trinajstić information content (AvgIpc) is 2.97. The first-order chi connectivity index (χ1) is 11.3. The first kappa shape index (κ1) is 18.3. The number of halogens is 2. The molecule has 2 fully saturated rings. The van der Waals surface area contributed by atoms with Gasteiger partial charge in [-0.3, -0.25) is 0 Å². The Morgan fingerprint density at radius 1 is 1.08 bits per heavy atom. The zero-order chi connectivity index (χ0) is 17.5. The fourth-order valence-electron chi connectivity index (χ4n) is 3.60. The van der Waals surface area contributed by atoms with Gasteiger partial charge in [0.25, 0.3) is 0 Å². The minimum Gasteiger partial charge on any atom is -0.495 e. The highest BCUT2D eigenvalue weighted by Crippen LogP contribution is 2.43. The van der Waals surface area contributed by atoms with Crippen LogP contribution in [0.1, 0.15) is 19.3 Å². The predicted octanol–water partition coefficient (Wildman–Crippen LogP) is 3.11. The lowest BCUT2D eigenvalue weighted by Gasteiger charge is -2.37. The smallest absolute Gasteiger partial charge is 0.244 e. The summed E-state index contributed by atoms with van der Waals surface area (Å²) in [4.78, 5) is 2.35. The zero-order valence-electron chi connectivity index (χ0n) is 13.9. The number of rotatable bonds is 3. The van der Waals surface area contributed by atoms with Crippen LogP contribution >= 0.6 is 23.2 Å². The van der Waals surface area contributed by atoms with Crippen molar-refractivity contribution in [2.24, 2.45) is 5.41 Å². The van der Waals surface area contributed by atoms with Gasteiger partial charge in [0, 0.05) is 19.2 Å². The van der Waals surface area contributed by atoms with Crippen molar-refractivity contribution in [1.29, 1.82) is 0 Å². The van der Waals surface area contributed by atoms with Crippen molar-refractivity contribution in [3.05, 3.63) is 22.2 Å². The molecule has 8 heteroatoms. The van der Waals surface area contributed by atoms with Crippen LogP contribution in [0.2, 0.25) is 10.0 Å². The van der Waals surface area contributed by atoms with Crippen LogP contribution in [-0.2, 0) is 10.0 Å². The SMILES string of the molecule is COc1cc(Cl)c(S(=O)(=O)N2CCC3(CCN(C)CC3)C2)cc1Cl. The maximum absolute atomic E-state index is 13.0. The standard InChI is InChI=1S/C16H22Cl2N2O3S/c1-19-6-3-16(4-7-19)5-8-20(11-16)24(21,22)15-10-12(17)14(23-2)9-13(15)18/h9-10H,3-8,11H2,1-2H3. The lowest BCUT2D eigenvalue weighted by atomic mass is 9.78. The fraction of sp³-hybridized carbons (Fsp3) is 0.625. The molecule has 1 spiro atoms. The lowest BCUT2D eigenvalue weighted by molar-refractivity contribution is 0.134. The van der Waals surface area contributed by atoms with Gasteiger partial charge in [-0.2, -0.15) is 4.31 Å². The molecule has 2 heterocycles. The van der Waals surface area contributed by atoms with E-state index in [4.69, 9.17) is 27.9 Å². The lowest BCUT2D eigenvalue weighted by Crippen LogP contribution is -2.40. The van der Waals surface area contributed by atoms with Crippen molar-refractivity contribution in [2.75, 3.05) is 40.3 Å². The summed E-state index contributed by atoms with van der Waals surface area (Å²) in [7, 11) is -0.0831. The van der Waals surface area contributed by atoms with Crippen molar-refractivity contribution in [2.45, 2.75) is 24.2 Å². The van der Waals surface area contributed by atoms with Gasteiger partial charge < -0.3 is 9.64 Å². The summed E-state index contributed by atoms with van der Waals surface area (Å²) in [5, 5.41) is 0.384. The fourth-order valence-corrected chi connectivity index (χ4v) is 5.98. The highest BCUT2D eigenvalue weighted by molar-refractivity contribution is 7.89. The molecule has 0 atom stereocenters. The first-order valence-electron chi connectivity index (χ1n) is 7.99. The molecule has 0 radical (unpaired) electrons. The van der Waals surface area contributed by atoms with Crippen LogP contribution in [0.15, 0.2) is 17.0 Å². The van der Waals surface area contributed by atoms with Crippen LogP contribution in [0.5, 0.6) is 5.75 Å². The average molecular weight is 393 g/mol. The molecule has 0 aromatic heterocycles. The topological polar surface area (TPSA) is 49.9 Å². The minimum absolute atomic E-state index is 0.0555. The molecule has 2 aliphatic rings. The van der Waals surface area contributed by atoms with E-state index in [1.807, 2.05) is 0 Å². The number of ether oxygens (including phenoxy) is 1. The van der Waals surface area contributed by atoms with Gasteiger partial charge in [-0.25, -0.2) is 8.42 Å². The third-order valence-electron chi connectivity index (χ3n) is 5.28. The Morgan fingerprint density at radius 3 is 2.33 bits per heavy atom. The summed E-state index contributed by atoms with van der Waals surface area (Å²) < 4.78 is 32.7. The van der Waals surface area contributed by atoms with Crippen LogP contribution < -0.4 is 4.74 Å². The van der Waals surface area contributed by atoms with E-state index in [1.54, 1.807) is 4.31 Å². The number of piperidine rings is 1. The molecular weight excluding hydrogens is 371 g/mol. The van der Waals surface area contributed by atoms with Crippen molar-refractivity contribution in [1.82, 2.24) is 9.21 Å². The van der Waals surface area contributed by atoms with E-state index < -0.39 is 10.0 Å². The van der Waals surface area contributed by atoms with Crippen molar-refractivity contribution >= 4 is 33.2 Å². The van der Waals surface area contributed by atoms with Gasteiger partial charge in [0.1, 0.15) is 10.6 Å². The second-order valence-electron chi connectivity index (χ2n) is 6.81. The van der Waals surface area contributed by atoms with Gasteiger partial charge in [-0.05, 0) is 50.9 Å². The number of hydrogen-bond acceptors (Lipinski definition) is 4. The van der Waals surface area contributed by atoms with Gasteiger partial charge in [0.05, 0.1) is 17.2 Å². The van der Waals surface area contributed by atoms with Crippen LogP contribution in [0.4, 0.5) is 0 Å². The number of likely N-dealkylation sites (tertiary alicyclic amines) is 1. The number of nitrogens with zero attached hydrogens (tertiary/aromatic N) is 2. The second-order valence-corrected chi connectivity index (χ2v) is 9.53. The van der Waals surface area contributed by atoms with Gasteiger partial charge in [0.2, 0.25) is 10.0 Å². The molecule has 1 aromatic rings. The molecule has 1 aromatic carbocycles. The molecule has 0 unspecified atom stereocenters. The minimum atomic E-state index is -3.66. The Morgan fingerprint density at radius 2 is 1.71 bits per heavy atom. The molecule has 2 aliphatic heterocycles. The van der Waals surface area contributed by atoms with Crippen LogP contribution in [0.3, 0.4) is 0 Å².